The number of hydrogen-bond acceptors (Lipinski definition) is 5. The number of allylic oxidation sites excluding steroid dienone is 1. The zero-order valence-corrected chi connectivity index (χ0v) is 15.6. The van der Waals surface area contributed by atoms with Gasteiger partial charge in [-0.15, -0.1) is 0 Å². The van der Waals surface area contributed by atoms with Crippen molar-refractivity contribution in [2.45, 2.75) is 58.5 Å². The minimum absolute atomic E-state index is 0.165. The fourth-order valence-corrected chi connectivity index (χ4v) is 2.65. The molecule has 0 aromatic rings. The summed E-state index contributed by atoms with van der Waals surface area (Å²) in [5, 5.41) is 2.06. The van der Waals surface area contributed by atoms with Crippen molar-refractivity contribution in [3.05, 3.63) is 23.5 Å². The third-order valence-corrected chi connectivity index (χ3v) is 4.08. The minimum Gasteiger partial charge on any atom is -0.404 e. The lowest BCUT2D eigenvalue weighted by molar-refractivity contribution is -0.163. The van der Waals surface area contributed by atoms with Crippen LogP contribution >= 0.6 is 0 Å². The van der Waals surface area contributed by atoms with E-state index in [-0.39, 0.29) is 13.0 Å². The van der Waals surface area contributed by atoms with Gasteiger partial charge < -0.3 is 20.7 Å². The van der Waals surface area contributed by atoms with Crippen molar-refractivity contribution in [3.63, 3.8) is 0 Å². The van der Waals surface area contributed by atoms with Crippen molar-refractivity contribution in [1.29, 1.82) is 0 Å². The van der Waals surface area contributed by atoms with Crippen molar-refractivity contribution in [1.82, 2.24) is 10.2 Å². The molecule has 6 nitrogen and oxygen atoms in total. The molecule has 0 saturated carbocycles. The Labute approximate surface area is 152 Å². The highest BCUT2D eigenvalue weighted by molar-refractivity contribution is 5.88. The van der Waals surface area contributed by atoms with Crippen LogP contribution in [0.1, 0.15) is 40.0 Å². The van der Waals surface area contributed by atoms with Crippen LogP contribution in [0.25, 0.3) is 0 Å². The molecule has 1 aliphatic heterocycles. The van der Waals surface area contributed by atoms with Gasteiger partial charge in [-0.3, -0.25) is 4.79 Å². The SMILES string of the molecule is CCCC(NC(=O)CN1C(C)=NC(/C(=C\N)CC)=CC1OC)C(F)(F)F. The molecule has 1 amide bonds. The van der Waals surface area contributed by atoms with Crippen LogP contribution in [-0.4, -0.2) is 48.7 Å². The molecule has 1 heterocycles. The molecule has 0 radical (unpaired) electrons. The van der Waals surface area contributed by atoms with Crippen LogP contribution in [0.2, 0.25) is 0 Å². The molecule has 0 fully saturated rings. The largest absolute Gasteiger partial charge is 0.408 e. The quantitative estimate of drug-likeness (QED) is 0.683. The molecule has 2 atom stereocenters. The summed E-state index contributed by atoms with van der Waals surface area (Å²) in [4.78, 5) is 18.1. The number of aliphatic imine (C=N–C) groups is 1. The Morgan fingerprint density at radius 2 is 2.15 bits per heavy atom. The average molecular weight is 376 g/mol. The van der Waals surface area contributed by atoms with Crippen LogP contribution in [-0.2, 0) is 9.53 Å². The molecule has 0 aliphatic carbocycles. The fourth-order valence-electron chi connectivity index (χ4n) is 2.65. The summed E-state index contributed by atoms with van der Waals surface area (Å²) in [5.74, 6) is -0.268. The van der Waals surface area contributed by atoms with Gasteiger partial charge in [0.15, 0.2) is 6.23 Å². The topological polar surface area (TPSA) is 80.0 Å². The van der Waals surface area contributed by atoms with Gasteiger partial charge in [-0.05, 0) is 37.6 Å². The number of ether oxygens (including phenoxy) is 1. The highest BCUT2D eigenvalue weighted by atomic mass is 19.4. The Hall–Kier alpha value is -2.03. The van der Waals surface area contributed by atoms with E-state index in [4.69, 9.17) is 10.5 Å². The van der Waals surface area contributed by atoms with E-state index in [1.807, 2.05) is 6.92 Å². The molecule has 0 bridgehead atoms. The lowest BCUT2D eigenvalue weighted by Gasteiger charge is -2.34. The molecule has 3 N–H and O–H groups in total. The number of nitrogens with one attached hydrogen (secondary N) is 1. The van der Waals surface area contributed by atoms with Crippen molar-refractivity contribution in [2.24, 2.45) is 10.7 Å². The fraction of sp³-hybridized carbons (Fsp3) is 0.647. The summed E-state index contributed by atoms with van der Waals surface area (Å²) < 4.78 is 44.3. The summed E-state index contributed by atoms with van der Waals surface area (Å²) >= 11 is 0. The Morgan fingerprint density at radius 3 is 2.62 bits per heavy atom. The van der Waals surface area contributed by atoms with Crippen LogP contribution in [0, 0.1) is 0 Å². The lowest BCUT2D eigenvalue weighted by Crippen LogP contribution is -2.52. The van der Waals surface area contributed by atoms with Gasteiger partial charge in [-0.25, -0.2) is 4.99 Å². The van der Waals surface area contributed by atoms with Crippen LogP contribution in [0.5, 0.6) is 0 Å². The second kappa shape index (κ2) is 9.61. The van der Waals surface area contributed by atoms with E-state index in [1.54, 1.807) is 19.9 Å². The molecule has 2 unspecified atom stereocenters. The van der Waals surface area contributed by atoms with Gasteiger partial charge in [0, 0.05) is 7.11 Å². The molecule has 0 spiro atoms. The summed E-state index contributed by atoms with van der Waals surface area (Å²) in [5.41, 5.74) is 7.04. The molecule has 148 valence electrons. The zero-order chi connectivity index (χ0) is 19.9. The third kappa shape index (κ3) is 5.76. The van der Waals surface area contributed by atoms with E-state index in [0.717, 1.165) is 5.57 Å². The van der Waals surface area contributed by atoms with Crippen LogP contribution in [0.4, 0.5) is 13.2 Å². The van der Waals surface area contributed by atoms with Gasteiger partial charge in [-0.2, -0.15) is 13.2 Å². The van der Waals surface area contributed by atoms with E-state index in [0.29, 0.717) is 24.4 Å². The minimum atomic E-state index is -4.48. The number of carbonyl (C=O) groups is 1. The number of methoxy groups -OCH3 is 1. The molecule has 1 aliphatic rings. The first kappa shape index (κ1) is 22.0. The van der Waals surface area contributed by atoms with Gasteiger partial charge in [0.05, 0.1) is 5.70 Å². The van der Waals surface area contributed by atoms with Gasteiger partial charge in [0.2, 0.25) is 5.91 Å². The number of alkyl halides is 3. The van der Waals surface area contributed by atoms with E-state index in [2.05, 4.69) is 10.3 Å². The van der Waals surface area contributed by atoms with Crippen molar-refractivity contribution in [3.8, 4) is 0 Å². The molecular weight excluding hydrogens is 349 g/mol. The number of amides is 1. The van der Waals surface area contributed by atoms with E-state index >= 15 is 0 Å². The zero-order valence-electron chi connectivity index (χ0n) is 15.6. The summed E-state index contributed by atoms with van der Waals surface area (Å²) in [6, 6.07) is -1.86. The number of nitrogens with zero attached hydrogens (tertiary/aromatic N) is 2. The van der Waals surface area contributed by atoms with Crippen LogP contribution in [0.3, 0.4) is 0 Å². The smallest absolute Gasteiger partial charge is 0.404 e. The first-order chi connectivity index (χ1) is 12.2. The maximum Gasteiger partial charge on any atom is 0.408 e. The number of rotatable bonds is 8. The van der Waals surface area contributed by atoms with Gasteiger partial charge in [0.1, 0.15) is 18.4 Å². The molecule has 0 saturated heterocycles. The molecule has 1 rings (SSSR count). The van der Waals surface area contributed by atoms with Gasteiger partial charge in [-0.1, -0.05) is 20.3 Å². The Bertz CT molecular complexity index is 585. The number of nitrogens with two attached hydrogens (primary N) is 1. The third-order valence-electron chi connectivity index (χ3n) is 4.08. The van der Waals surface area contributed by atoms with Crippen molar-refractivity contribution < 1.29 is 22.7 Å². The monoisotopic (exact) mass is 376 g/mol. The van der Waals surface area contributed by atoms with Crippen molar-refractivity contribution in [2.75, 3.05) is 13.7 Å². The van der Waals surface area contributed by atoms with Crippen LogP contribution in [0.15, 0.2) is 28.5 Å². The summed E-state index contributed by atoms with van der Waals surface area (Å²) in [6.45, 7) is 4.94. The van der Waals surface area contributed by atoms with Crippen molar-refractivity contribution >= 4 is 11.7 Å². The molecule has 9 heteroatoms. The number of carbonyl (C=O) groups excluding carboxylic acids is 1. The molecule has 26 heavy (non-hydrogen) atoms. The lowest BCUT2D eigenvalue weighted by atomic mass is 10.1. The van der Waals surface area contributed by atoms with E-state index in [9.17, 15) is 18.0 Å². The predicted molar refractivity (Wildman–Crippen MR) is 94.2 cm³/mol. The average Bonchev–Trinajstić information content (AvgIpc) is 2.56. The van der Waals surface area contributed by atoms with E-state index < -0.39 is 24.4 Å². The Kier molecular flexibility index (Phi) is 8.13. The first-order valence-electron chi connectivity index (χ1n) is 8.51. The first-order valence-corrected chi connectivity index (χ1v) is 8.51. The standard InChI is InChI=1S/C17H27F3N4O2/c1-5-7-14(17(18,19)20)23-15(25)10-24-11(3)22-13(8-16(24)26-4)12(6-2)9-21/h8-9,14,16H,5-7,10,21H2,1-4H3,(H,23,25)/b12-9-. The summed E-state index contributed by atoms with van der Waals surface area (Å²) in [6.07, 6.45) is -1.14. The normalized spacial score (nSPS) is 19.7. The van der Waals surface area contributed by atoms with Gasteiger partial charge in [0.25, 0.3) is 0 Å². The molecular formula is C17H27F3N4O2. The number of hydrogen-bond donors (Lipinski definition) is 2. The predicted octanol–water partition coefficient (Wildman–Crippen LogP) is 2.68. The highest BCUT2D eigenvalue weighted by Gasteiger charge is 2.40. The number of halogens is 3. The maximum absolute atomic E-state index is 13.0. The second-order valence-electron chi connectivity index (χ2n) is 5.96. The van der Waals surface area contributed by atoms with Crippen LogP contribution < -0.4 is 11.1 Å². The number of amidine groups is 1. The Morgan fingerprint density at radius 1 is 1.50 bits per heavy atom. The molecule has 0 aromatic carbocycles. The molecule has 0 aromatic heterocycles. The van der Waals surface area contributed by atoms with Gasteiger partial charge >= 0.3 is 6.18 Å². The van der Waals surface area contributed by atoms with E-state index in [1.165, 1.54) is 18.2 Å². The summed E-state index contributed by atoms with van der Waals surface area (Å²) in [7, 11) is 1.45. The Balaban J connectivity index is 2.89. The maximum atomic E-state index is 13.0. The second-order valence-corrected chi connectivity index (χ2v) is 5.96. The highest BCUT2D eigenvalue weighted by Crippen LogP contribution is 2.24.